The van der Waals surface area contributed by atoms with Gasteiger partial charge in [0, 0.05) is 18.8 Å². The summed E-state index contributed by atoms with van der Waals surface area (Å²) in [6, 6.07) is 11.0. The Hall–Kier alpha value is -2.25. The van der Waals surface area contributed by atoms with Crippen LogP contribution >= 0.6 is 0 Å². The minimum Gasteiger partial charge on any atom is -0.325 e. The maximum Gasteiger partial charge on any atom is 0.243 e. The minimum atomic E-state index is -3.64. The van der Waals surface area contributed by atoms with Crippen LogP contribution in [0.15, 0.2) is 47.4 Å². The van der Waals surface area contributed by atoms with Crippen molar-refractivity contribution in [2.24, 2.45) is 0 Å². The van der Waals surface area contributed by atoms with Crippen LogP contribution in [0.1, 0.15) is 50.7 Å². The van der Waals surface area contributed by atoms with Gasteiger partial charge in [-0.3, -0.25) is 4.79 Å². The van der Waals surface area contributed by atoms with Gasteiger partial charge in [0.2, 0.25) is 15.9 Å². The summed E-state index contributed by atoms with van der Waals surface area (Å²) < 4.78 is 41.0. The van der Waals surface area contributed by atoms with Crippen LogP contribution < -0.4 is 5.32 Å². The maximum absolute atomic E-state index is 13.9. The molecule has 1 N–H and O–H groups in total. The zero-order chi connectivity index (χ0) is 21.9. The highest BCUT2D eigenvalue weighted by molar-refractivity contribution is 7.89. The van der Waals surface area contributed by atoms with Gasteiger partial charge in [0.1, 0.15) is 5.82 Å². The number of nitrogens with one attached hydrogen (secondary N) is 1. The van der Waals surface area contributed by atoms with Gasteiger partial charge in [-0.2, -0.15) is 4.31 Å². The fraction of sp³-hybridized carbons (Fsp3) is 0.435. The predicted octanol–water partition coefficient (Wildman–Crippen LogP) is 4.62. The van der Waals surface area contributed by atoms with Crippen molar-refractivity contribution in [3.63, 3.8) is 0 Å². The largest absolute Gasteiger partial charge is 0.325 e. The summed E-state index contributed by atoms with van der Waals surface area (Å²) in [4.78, 5) is 13.6. The smallest absolute Gasteiger partial charge is 0.243 e. The Balaban J connectivity index is 1.96. The molecule has 0 aromatic heterocycles. The van der Waals surface area contributed by atoms with Crippen molar-refractivity contribution in [3.8, 4) is 0 Å². The van der Waals surface area contributed by atoms with E-state index >= 15 is 0 Å². The third kappa shape index (κ3) is 4.14. The highest BCUT2D eigenvalue weighted by Gasteiger charge is 2.43. The lowest BCUT2D eigenvalue weighted by atomic mass is 9.78. The van der Waals surface area contributed by atoms with Gasteiger partial charge in [-0.1, -0.05) is 44.9 Å². The number of carbonyl (C=O) groups is 1. The molecule has 1 aliphatic carbocycles. The fourth-order valence-corrected chi connectivity index (χ4v) is 5.75. The van der Waals surface area contributed by atoms with Crippen LogP contribution in [0.5, 0.6) is 0 Å². The van der Waals surface area contributed by atoms with Crippen molar-refractivity contribution in [1.82, 2.24) is 4.31 Å². The SMILES string of the molecule is CCN(CC)S(=O)(=O)c1ccc(C)c(NC(=O)C2(c3cccc(F)c3)CCCC2)c1. The molecule has 1 fully saturated rings. The van der Waals surface area contributed by atoms with Gasteiger partial charge in [0.15, 0.2) is 0 Å². The van der Waals surface area contributed by atoms with Crippen molar-refractivity contribution in [2.45, 2.75) is 56.8 Å². The van der Waals surface area contributed by atoms with E-state index in [9.17, 15) is 17.6 Å². The first-order valence-electron chi connectivity index (χ1n) is 10.4. The number of sulfonamides is 1. The molecule has 2 aromatic rings. The number of anilines is 1. The standard InChI is InChI=1S/C23H29FN2O3S/c1-4-26(5-2)30(28,29)20-12-11-17(3)21(16-20)25-22(27)23(13-6-7-14-23)18-9-8-10-19(24)15-18/h8-12,15-16H,4-7,13-14H2,1-3H3,(H,25,27). The molecule has 0 heterocycles. The Morgan fingerprint density at radius 1 is 1.10 bits per heavy atom. The van der Waals surface area contributed by atoms with Crippen LogP contribution in [0, 0.1) is 12.7 Å². The third-order valence-corrected chi connectivity index (χ3v) is 8.12. The summed E-state index contributed by atoms with van der Waals surface area (Å²) in [6.07, 6.45) is 3.05. The van der Waals surface area contributed by atoms with Crippen LogP contribution in [-0.4, -0.2) is 31.7 Å². The number of rotatable bonds is 7. The van der Waals surface area contributed by atoms with Crippen LogP contribution in [0.3, 0.4) is 0 Å². The van der Waals surface area contributed by atoms with Crippen molar-refractivity contribution < 1.29 is 17.6 Å². The molecule has 162 valence electrons. The second-order valence-corrected chi connectivity index (χ2v) is 9.76. The average Bonchev–Trinajstić information content (AvgIpc) is 3.21. The molecule has 1 aliphatic rings. The average molecular weight is 433 g/mol. The second-order valence-electron chi connectivity index (χ2n) is 7.82. The zero-order valence-electron chi connectivity index (χ0n) is 17.7. The zero-order valence-corrected chi connectivity index (χ0v) is 18.6. The molecule has 2 aromatic carbocycles. The topological polar surface area (TPSA) is 66.5 Å². The summed E-state index contributed by atoms with van der Waals surface area (Å²) in [5.41, 5.74) is 1.11. The highest BCUT2D eigenvalue weighted by atomic mass is 32.2. The summed E-state index contributed by atoms with van der Waals surface area (Å²) in [7, 11) is -3.64. The summed E-state index contributed by atoms with van der Waals surface area (Å²) in [6.45, 7) is 6.16. The molecular weight excluding hydrogens is 403 g/mol. The van der Waals surface area contributed by atoms with Gasteiger partial charge in [0.25, 0.3) is 0 Å². The highest BCUT2D eigenvalue weighted by Crippen LogP contribution is 2.42. The third-order valence-electron chi connectivity index (χ3n) is 6.07. The number of nitrogens with zero attached hydrogens (tertiary/aromatic N) is 1. The van der Waals surface area contributed by atoms with Gasteiger partial charge in [-0.25, -0.2) is 12.8 Å². The summed E-state index contributed by atoms with van der Waals surface area (Å²) in [5.74, 6) is -0.582. The van der Waals surface area contributed by atoms with Crippen LogP contribution in [0.2, 0.25) is 0 Å². The molecule has 0 saturated heterocycles. The Morgan fingerprint density at radius 3 is 2.37 bits per heavy atom. The number of amides is 1. The monoisotopic (exact) mass is 432 g/mol. The van der Waals surface area contributed by atoms with Gasteiger partial charge in [-0.05, 0) is 55.2 Å². The Morgan fingerprint density at radius 2 is 1.77 bits per heavy atom. The number of aryl methyl sites for hydroxylation is 1. The van der Waals surface area contributed by atoms with E-state index in [4.69, 9.17) is 0 Å². The number of halogens is 1. The normalized spacial score (nSPS) is 16.0. The first kappa shape index (κ1) is 22.4. The van der Waals surface area contributed by atoms with Crippen molar-refractivity contribution in [3.05, 3.63) is 59.4 Å². The minimum absolute atomic E-state index is 0.151. The molecule has 0 spiro atoms. The predicted molar refractivity (Wildman–Crippen MR) is 116 cm³/mol. The van der Waals surface area contributed by atoms with Gasteiger partial charge in [0.05, 0.1) is 10.3 Å². The van der Waals surface area contributed by atoms with E-state index in [2.05, 4.69) is 5.32 Å². The molecule has 30 heavy (non-hydrogen) atoms. The van der Waals surface area contributed by atoms with E-state index in [-0.39, 0.29) is 16.6 Å². The molecular formula is C23H29FN2O3S. The summed E-state index contributed by atoms with van der Waals surface area (Å²) in [5, 5.41) is 2.95. The van der Waals surface area contributed by atoms with Crippen molar-refractivity contribution in [2.75, 3.05) is 18.4 Å². The second kappa shape index (κ2) is 8.86. The van der Waals surface area contributed by atoms with Crippen molar-refractivity contribution >= 4 is 21.6 Å². The number of benzene rings is 2. The van der Waals surface area contributed by atoms with Crippen LogP contribution in [0.25, 0.3) is 0 Å². The number of carbonyl (C=O) groups excluding carboxylic acids is 1. The molecule has 0 bridgehead atoms. The van der Waals surface area contributed by atoms with E-state index in [1.54, 1.807) is 38.1 Å². The lowest BCUT2D eigenvalue weighted by Crippen LogP contribution is -2.38. The van der Waals surface area contributed by atoms with Gasteiger partial charge >= 0.3 is 0 Å². The van der Waals surface area contributed by atoms with E-state index in [1.165, 1.54) is 22.5 Å². The van der Waals surface area contributed by atoms with Crippen LogP contribution in [0.4, 0.5) is 10.1 Å². The number of hydrogen-bond donors (Lipinski definition) is 1. The van der Waals surface area contributed by atoms with E-state index in [0.29, 0.717) is 37.2 Å². The Labute approximate surface area is 178 Å². The quantitative estimate of drug-likeness (QED) is 0.695. The van der Waals surface area contributed by atoms with E-state index in [0.717, 1.165) is 18.4 Å². The maximum atomic E-state index is 13.9. The number of hydrogen-bond acceptors (Lipinski definition) is 3. The molecule has 1 amide bonds. The lowest BCUT2D eigenvalue weighted by Gasteiger charge is -2.29. The Kier molecular flexibility index (Phi) is 6.62. The molecule has 1 saturated carbocycles. The molecule has 0 radical (unpaired) electrons. The lowest BCUT2D eigenvalue weighted by molar-refractivity contribution is -0.121. The van der Waals surface area contributed by atoms with Crippen molar-refractivity contribution in [1.29, 1.82) is 0 Å². The van der Waals surface area contributed by atoms with E-state index < -0.39 is 15.4 Å². The Bertz CT molecular complexity index is 1030. The molecule has 3 rings (SSSR count). The fourth-order valence-electron chi connectivity index (χ4n) is 4.26. The molecule has 5 nitrogen and oxygen atoms in total. The molecule has 0 atom stereocenters. The van der Waals surface area contributed by atoms with Gasteiger partial charge < -0.3 is 5.32 Å². The van der Waals surface area contributed by atoms with Gasteiger partial charge in [-0.15, -0.1) is 0 Å². The van der Waals surface area contributed by atoms with E-state index in [1.807, 2.05) is 6.92 Å². The molecule has 7 heteroatoms. The first-order valence-corrected chi connectivity index (χ1v) is 11.9. The van der Waals surface area contributed by atoms with Crippen LogP contribution in [-0.2, 0) is 20.2 Å². The first-order chi connectivity index (χ1) is 14.2. The molecule has 0 aliphatic heterocycles. The summed E-state index contributed by atoms with van der Waals surface area (Å²) >= 11 is 0. The molecule has 0 unspecified atom stereocenters.